The van der Waals surface area contributed by atoms with Gasteiger partial charge in [-0.15, -0.1) is 0 Å². The molecule has 2 aliphatic rings. The molecule has 0 fully saturated rings. The van der Waals surface area contributed by atoms with Gasteiger partial charge in [-0.25, -0.2) is 53.2 Å². The summed E-state index contributed by atoms with van der Waals surface area (Å²) in [6, 6.07) is 3.77. The summed E-state index contributed by atoms with van der Waals surface area (Å²) in [7, 11) is -15.8. The first-order valence-corrected chi connectivity index (χ1v) is 58.1. The number of aromatic nitrogens is 4. The molecule has 1 aliphatic heterocycles. The molecule has 5 rings (SSSR count). The number of hydrogen-bond acceptors (Lipinski definition) is 33. The van der Waals surface area contributed by atoms with Gasteiger partial charge in [0.15, 0.2) is 40.4 Å². The summed E-state index contributed by atoms with van der Waals surface area (Å²) in [4.78, 5) is 108. The van der Waals surface area contributed by atoms with E-state index in [0.29, 0.717) is 23.0 Å². The zero-order valence-electron chi connectivity index (χ0n) is 91.7. The van der Waals surface area contributed by atoms with E-state index in [1.807, 2.05) is 132 Å². The summed E-state index contributed by atoms with van der Waals surface area (Å²) in [6.07, 6.45) is 7.98. The Kier molecular flexibility index (Phi) is 83.5. The lowest BCUT2D eigenvalue weighted by Crippen LogP contribution is -2.41. The second-order valence-electron chi connectivity index (χ2n) is 39.7. The highest BCUT2D eigenvalue weighted by Crippen LogP contribution is 2.42. The Morgan fingerprint density at radius 1 is 0.638 bits per heavy atom. The number of aliphatic hydroxyl groups is 3. The van der Waals surface area contributed by atoms with Crippen LogP contribution in [0.1, 0.15) is 300 Å². The summed E-state index contributed by atoms with van der Waals surface area (Å²) in [5, 5.41) is 40.4. The highest BCUT2D eigenvalue weighted by Gasteiger charge is 2.33. The largest absolute Gasteiger partial charge is 0.507 e. The number of aliphatic hydroxyl groups excluding tert-OH is 3. The standard InChI is InChI=1S/C8H13NO.C8H10O2.C7H12N2.C7H11NO3S.C6H14N2O3S.C6H10N2O2.C6H13NO3S.C6H9NO.C6H12O2.C5H10O2.C5H13OP.C5H12O.C5H10O.C4H11O2P.2C4H10O2S.CH4/c1-6-5-7(10-9-6)8(2,3)4;1-4(2)6-7(9)5(3)8(6)10;1-7(2,3)6-8-4-5-9-6;1-6(2)12(9,10)5-7-8-3-4-11-7;1-5(2)6(9)7-12(10,11)8(3)4;1-6(2,3)4-7-5(9)10-8-4;1-6(2,3)5(8)7-11(4,9)10;1-5(2)6(8)3-4-7;1-5(2)6(7)4-8-3;1-4(2)5(7)3-6;1-5(2)7(3,4)6;2*1-4(2)5(3)6;3*1-4(2)7(3,5)6;/h5H,1-4H3;4,9H,3H2,1-2H3;4H,5H2,1-3H3;3-4,6H,5H2,1-2H3;5H,1-4H3,(H,7,9);1-3H3,(H,7,8,9);1-4H3,(H,7,8);5H,3H2,1-2H3;5H,4H2,1-3H3;4,6H,3H2,1-2H3;5H,1-4H3;4-6H,1-3H3;4H,1-3H3;4H,1-3H3,(H,5,6);2*4H,1-3H3;1H4. The van der Waals surface area contributed by atoms with Gasteiger partial charge in [0.2, 0.25) is 27.7 Å². The third-order valence-corrected chi connectivity index (χ3v) is 29.3. The number of aromatic amines is 1. The number of amidine groups is 1. The van der Waals surface area contributed by atoms with Crippen molar-refractivity contribution in [1.82, 2.24) is 34.0 Å². The highest BCUT2D eigenvalue weighted by atomic mass is 32.2. The van der Waals surface area contributed by atoms with Crippen LogP contribution in [-0.4, -0.2) is 253 Å². The Bertz CT molecular complexity index is 4820. The molecular weight excluding hydrogens is 1930 g/mol. The highest BCUT2D eigenvalue weighted by molar-refractivity contribution is 7.91. The van der Waals surface area contributed by atoms with Gasteiger partial charge in [0.25, 0.3) is 0 Å². The quantitative estimate of drug-likeness (QED) is 0.0385. The fraction of sp³-hybridized carbons (Fsp3) is 0.763. The van der Waals surface area contributed by atoms with Crippen LogP contribution < -0.4 is 15.2 Å². The van der Waals surface area contributed by atoms with Gasteiger partial charge in [0.1, 0.15) is 73.8 Å². The third kappa shape index (κ3) is 91.3. The van der Waals surface area contributed by atoms with Gasteiger partial charge in [0, 0.05) is 121 Å². The van der Waals surface area contributed by atoms with Crippen LogP contribution in [0.2, 0.25) is 0 Å². The Morgan fingerprint density at radius 2 is 1.03 bits per heavy atom. The zero-order valence-corrected chi connectivity index (χ0v) is 97.6. The molecule has 0 bridgehead atoms. The number of nitrogens with one attached hydrogen (secondary N) is 3. The number of H-pyrrole nitrogens is 1. The number of amides is 2. The van der Waals surface area contributed by atoms with Crippen molar-refractivity contribution >= 4 is 117 Å². The number of aliphatic imine (C=N–C) groups is 2. The molecular formula is C93H184N10O28P2S5. The van der Waals surface area contributed by atoms with Crippen LogP contribution in [0.5, 0.6) is 0 Å². The van der Waals surface area contributed by atoms with Gasteiger partial charge in [0.05, 0.1) is 71.8 Å². The minimum atomic E-state index is -3.61. The lowest BCUT2D eigenvalue weighted by atomic mass is 9.82. The van der Waals surface area contributed by atoms with Crippen LogP contribution >= 0.6 is 14.5 Å². The summed E-state index contributed by atoms with van der Waals surface area (Å²) in [5.74, 6) is 2.00. The van der Waals surface area contributed by atoms with Crippen molar-refractivity contribution in [3.05, 3.63) is 75.7 Å². The van der Waals surface area contributed by atoms with Crippen molar-refractivity contribution < 1.29 is 123 Å². The van der Waals surface area contributed by atoms with Crippen molar-refractivity contribution in [3.63, 3.8) is 0 Å². The number of ether oxygens (including phenoxy) is 1. The van der Waals surface area contributed by atoms with E-state index in [0.717, 1.165) is 34.4 Å². The van der Waals surface area contributed by atoms with Crippen molar-refractivity contribution in [1.29, 1.82) is 5.26 Å². The fourth-order valence-electron chi connectivity index (χ4n) is 5.10. The second-order valence-corrected chi connectivity index (χ2v) is 57.9. The zero-order chi connectivity index (χ0) is 112. The smallest absolute Gasteiger partial charge is 0.438 e. The number of sulfone groups is 3. The average Bonchev–Trinajstić information content (AvgIpc) is 0.956. The number of carbonyl (C=O) groups excluding carboxylic acids is 7. The van der Waals surface area contributed by atoms with Crippen LogP contribution in [-0.2, 0) is 114 Å². The first-order valence-electron chi connectivity index (χ1n) is 44.3. The molecule has 138 heavy (non-hydrogen) atoms. The Balaban J connectivity index is -0.000000123. The summed E-state index contributed by atoms with van der Waals surface area (Å²) in [6.45, 7) is 80.8. The van der Waals surface area contributed by atoms with Gasteiger partial charge in [-0.3, -0.25) is 57.3 Å². The third-order valence-electron chi connectivity index (χ3n) is 17.4. The van der Waals surface area contributed by atoms with Gasteiger partial charge in [-0.1, -0.05) is 232 Å². The molecule has 45 heteroatoms. The number of carbonyl (C=O) groups is 7. The van der Waals surface area contributed by atoms with E-state index in [1.54, 1.807) is 138 Å². The number of oxazole rings is 1. The van der Waals surface area contributed by atoms with E-state index in [9.17, 15) is 89.6 Å². The molecule has 3 aromatic heterocycles. The molecule has 0 aromatic carbocycles. The number of methoxy groups -OCH3 is 1. The van der Waals surface area contributed by atoms with Crippen LogP contribution in [0.25, 0.3) is 0 Å². The molecule has 0 saturated heterocycles. The second kappa shape index (κ2) is 73.8. The maximum atomic E-state index is 11.3. The number of Topliss-reactive ketones (excluding diaryl/α,β-unsaturated/α-hetero) is 5. The normalized spacial score (nSPS) is 13.0. The monoisotopic (exact) mass is 2110 g/mol. The molecule has 0 spiro atoms. The van der Waals surface area contributed by atoms with Crippen LogP contribution in [0.3, 0.4) is 0 Å². The minimum Gasteiger partial charge on any atom is -0.507 e. The van der Waals surface area contributed by atoms with E-state index in [4.69, 9.17) is 34.4 Å². The maximum absolute atomic E-state index is 11.3. The summed E-state index contributed by atoms with van der Waals surface area (Å²) >= 11 is 0. The summed E-state index contributed by atoms with van der Waals surface area (Å²) in [5.41, 5.74) is 1.39. The Hall–Kier alpha value is -7.23. The van der Waals surface area contributed by atoms with Gasteiger partial charge in [-0.05, 0) is 87.5 Å². The lowest BCUT2D eigenvalue weighted by Gasteiger charge is -2.22. The molecule has 7 N–H and O–H groups in total. The number of rotatable bonds is 21. The van der Waals surface area contributed by atoms with Crippen LogP contribution in [0.4, 0.5) is 0 Å². The first-order chi connectivity index (χ1) is 60.7. The van der Waals surface area contributed by atoms with Gasteiger partial charge >= 0.3 is 16.0 Å². The number of nitriles is 1. The van der Waals surface area contributed by atoms with E-state index >= 15 is 0 Å². The van der Waals surface area contributed by atoms with E-state index in [2.05, 4.69) is 87.6 Å². The van der Waals surface area contributed by atoms with Crippen molar-refractivity contribution in [2.75, 3.05) is 79.7 Å². The van der Waals surface area contributed by atoms with Crippen LogP contribution in [0, 0.1) is 70.5 Å². The molecule has 2 atom stereocenters. The van der Waals surface area contributed by atoms with Crippen LogP contribution in [0.15, 0.2) is 70.3 Å². The van der Waals surface area contributed by atoms with E-state index < -0.39 is 87.2 Å². The number of hydrogen-bond donors (Lipinski definition) is 7. The molecule has 3 aromatic rings. The molecule has 0 radical (unpaired) electrons. The minimum absolute atomic E-state index is 0. The van der Waals surface area contributed by atoms with Crippen molar-refractivity contribution in [3.8, 4) is 6.07 Å². The Labute approximate surface area is 831 Å². The van der Waals surface area contributed by atoms with Gasteiger partial charge in [-0.2, -0.15) is 18.0 Å². The van der Waals surface area contributed by atoms with E-state index in [1.165, 1.54) is 52.8 Å². The molecule has 814 valence electrons. The number of ketones is 5. The number of allylic oxidation sites excluding steroid dienone is 2. The number of nitrogens with zero attached hydrogens (tertiary/aromatic N) is 7. The van der Waals surface area contributed by atoms with Crippen molar-refractivity contribution in [2.45, 2.75) is 334 Å². The SMILES string of the molecule is C.C=C1C(=O)C(C(C)C)=C1O.CC(=O)C(C)C.CC(C)(C)C(=O)NS(C)(=O)=O.CC(C)(C)C1=NCC=N1.CC(C)(C)c1noc(=O)[nH]1.CC(C)C(=O)CC#N.CC(C)C(=O)CO.CC(C)C(=O)NS(=O)(=O)N(C)C.CC(C)C(C)O.CC(C)P(C)(=O)O.CC(C)P(C)(C)=O.CC(C)S(=O)(=O)Cc1ncco1.CC(C)S(C)(=O)=O.CC(C)S(C)(=O)=O.COCC(=O)C(C)C.Cc1cc(C(C)(C)C)on1. The number of sulfonamides is 1. The molecule has 2 amide bonds. The first kappa shape index (κ1) is 156. The maximum Gasteiger partial charge on any atom is 0.438 e. The molecule has 2 unspecified atom stereocenters. The van der Waals surface area contributed by atoms with Gasteiger partial charge < -0.3 is 38.5 Å². The number of aryl methyl sites for hydroxylation is 1. The van der Waals surface area contributed by atoms with E-state index in [-0.39, 0.29) is 158 Å². The molecule has 4 heterocycles. The average molecular weight is 2110 g/mol. The molecule has 0 saturated carbocycles. The molecule has 1 aliphatic carbocycles. The predicted molar refractivity (Wildman–Crippen MR) is 560 cm³/mol. The fourth-order valence-corrected chi connectivity index (χ4v) is 7.24. The predicted octanol–water partition coefficient (Wildman–Crippen LogP) is 16.0. The lowest BCUT2D eigenvalue weighted by molar-refractivity contribution is -0.127. The summed E-state index contributed by atoms with van der Waals surface area (Å²) < 4.78 is 152. The molecule has 38 nitrogen and oxygen atoms in total. The van der Waals surface area contributed by atoms with Crippen molar-refractivity contribution in [2.24, 2.45) is 62.2 Å². The topological polar surface area (TPSA) is 601 Å². The Morgan fingerprint density at radius 3 is 1.17 bits per heavy atom.